The second-order valence-corrected chi connectivity index (χ2v) is 3.46. The Morgan fingerprint density at radius 3 is 2.62 bits per heavy atom. The second kappa shape index (κ2) is 7.16. The van der Waals surface area contributed by atoms with Crippen molar-refractivity contribution >= 4 is 12.4 Å². The van der Waals surface area contributed by atoms with Gasteiger partial charge in [0.15, 0.2) is 0 Å². The van der Waals surface area contributed by atoms with Gasteiger partial charge in [-0.1, -0.05) is 18.6 Å². The second-order valence-electron chi connectivity index (χ2n) is 3.46. The zero-order valence-electron chi connectivity index (χ0n) is 8.24. The molecule has 1 rings (SSSR count). The van der Waals surface area contributed by atoms with E-state index >= 15 is 0 Å². The van der Waals surface area contributed by atoms with Crippen molar-refractivity contribution in [2.45, 2.75) is 31.7 Å². The van der Waals surface area contributed by atoms with Gasteiger partial charge in [0.1, 0.15) is 0 Å². The van der Waals surface area contributed by atoms with Gasteiger partial charge in [-0.2, -0.15) is 0 Å². The first-order chi connectivity index (χ1) is 5.88. The van der Waals surface area contributed by atoms with Crippen LogP contribution in [0.4, 0.5) is 0 Å². The summed E-state index contributed by atoms with van der Waals surface area (Å²) in [6.07, 6.45) is 9.23. The molecule has 1 aliphatic rings. The highest BCUT2D eigenvalue weighted by atomic mass is 35.5. The fourth-order valence-electron chi connectivity index (χ4n) is 1.93. The maximum Gasteiger partial charge on any atom is 0.0163 e. The van der Waals surface area contributed by atoms with Gasteiger partial charge in [0.05, 0.1) is 0 Å². The molecule has 0 bridgehead atoms. The average Bonchev–Trinajstić information content (AvgIpc) is 2.09. The smallest absolute Gasteiger partial charge is 0.0163 e. The van der Waals surface area contributed by atoms with Crippen molar-refractivity contribution in [3.63, 3.8) is 0 Å². The van der Waals surface area contributed by atoms with E-state index in [1.54, 1.807) is 0 Å². The van der Waals surface area contributed by atoms with Gasteiger partial charge in [0.25, 0.3) is 0 Å². The van der Waals surface area contributed by atoms with Crippen LogP contribution >= 0.6 is 12.4 Å². The van der Waals surface area contributed by atoms with Crippen molar-refractivity contribution < 1.29 is 0 Å². The van der Waals surface area contributed by atoms with Crippen LogP contribution in [0.5, 0.6) is 0 Å². The quantitative estimate of drug-likeness (QED) is 0.633. The molecule has 1 unspecified atom stereocenters. The summed E-state index contributed by atoms with van der Waals surface area (Å²) in [5.74, 6) is 0. The first kappa shape index (κ1) is 12.7. The van der Waals surface area contributed by atoms with Gasteiger partial charge < -0.3 is 0 Å². The van der Waals surface area contributed by atoms with E-state index in [9.17, 15) is 0 Å². The summed E-state index contributed by atoms with van der Waals surface area (Å²) in [4.78, 5) is 2.51. The lowest BCUT2D eigenvalue weighted by Crippen LogP contribution is -2.39. The molecule has 1 heterocycles. The molecule has 0 spiro atoms. The normalized spacial score (nSPS) is 23.2. The maximum atomic E-state index is 3.80. The highest BCUT2D eigenvalue weighted by Crippen LogP contribution is 2.19. The van der Waals surface area contributed by atoms with E-state index in [1.807, 2.05) is 12.2 Å². The van der Waals surface area contributed by atoms with E-state index in [1.165, 1.54) is 25.8 Å². The SMILES string of the molecule is C=CCC1CCCCN1CC=C.Cl. The van der Waals surface area contributed by atoms with Gasteiger partial charge in [-0.25, -0.2) is 0 Å². The van der Waals surface area contributed by atoms with E-state index in [0.29, 0.717) is 0 Å². The molecule has 1 fully saturated rings. The summed E-state index contributed by atoms with van der Waals surface area (Å²) < 4.78 is 0. The molecule has 13 heavy (non-hydrogen) atoms. The summed E-state index contributed by atoms with van der Waals surface area (Å²) in [6.45, 7) is 9.86. The van der Waals surface area contributed by atoms with Crippen molar-refractivity contribution in [2.24, 2.45) is 0 Å². The summed E-state index contributed by atoms with van der Waals surface area (Å²) in [5.41, 5.74) is 0. The zero-order valence-corrected chi connectivity index (χ0v) is 9.06. The molecule has 0 amide bonds. The van der Waals surface area contributed by atoms with Crippen molar-refractivity contribution in [3.8, 4) is 0 Å². The van der Waals surface area contributed by atoms with Crippen molar-refractivity contribution in [3.05, 3.63) is 25.3 Å². The lowest BCUT2D eigenvalue weighted by molar-refractivity contribution is 0.166. The fraction of sp³-hybridized carbons (Fsp3) is 0.636. The first-order valence-electron chi connectivity index (χ1n) is 4.84. The number of rotatable bonds is 4. The predicted octanol–water partition coefficient (Wildman–Crippen LogP) is 3.02. The summed E-state index contributed by atoms with van der Waals surface area (Å²) in [6, 6.07) is 0.731. The molecule has 0 radical (unpaired) electrons. The molecular formula is C11H20ClN. The summed E-state index contributed by atoms with van der Waals surface area (Å²) in [7, 11) is 0. The number of hydrogen-bond donors (Lipinski definition) is 0. The van der Waals surface area contributed by atoms with Crippen LogP contribution in [0.2, 0.25) is 0 Å². The highest BCUT2D eigenvalue weighted by Gasteiger charge is 2.19. The van der Waals surface area contributed by atoms with Crippen LogP contribution in [0.15, 0.2) is 25.3 Å². The lowest BCUT2D eigenvalue weighted by Gasteiger charge is -2.34. The minimum Gasteiger partial charge on any atom is -0.296 e. The molecular weight excluding hydrogens is 182 g/mol. The molecule has 0 saturated carbocycles. The Morgan fingerprint density at radius 2 is 2.00 bits per heavy atom. The van der Waals surface area contributed by atoms with E-state index < -0.39 is 0 Å². The molecule has 2 heteroatoms. The molecule has 1 aliphatic heterocycles. The van der Waals surface area contributed by atoms with Crippen LogP contribution in [0.3, 0.4) is 0 Å². The fourth-order valence-corrected chi connectivity index (χ4v) is 1.93. The third kappa shape index (κ3) is 3.97. The van der Waals surface area contributed by atoms with Crippen LogP contribution in [0.25, 0.3) is 0 Å². The van der Waals surface area contributed by atoms with E-state index in [0.717, 1.165) is 19.0 Å². The standard InChI is InChI=1S/C11H19N.ClH/c1-3-7-11-8-5-6-10-12(11)9-4-2;/h3-4,11H,1-2,5-10H2;1H. The highest BCUT2D eigenvalue weighted by molar-refractivity contribution is 5.85. The van der Waals surface area contributed by atoms with Crippen molar-refractivity contribution in [1.29, 1.82) is 0 Å². The topological polar surface area (TPSA) is 3.24 Å². The number of nitrogens with zero attached hydrogens (tertiary/aromatic N) is 1. The summed E-state index contributed by atoms with van der Waals surface area (Å²) >= 11 is 0. The Labute approximate surface area is 87.9 Å². The molecule has 0 aromatic heterocycles. The number of halogens is 1. The van der Waals surface area contributed by atoms with Gasteiger partial charge in [0, 0.05) is 12.6 Å². The van der Waals surface area contributed by atoms with Crippen LogP contribution in [-0.2, 0) is 0 Å². The first-order valence-corrected chi connectivity index (χ1v) is 4.84. The van der Waals surface area contributed by atoms with Gasteiger partial charge >= 0.3 is 0 Å². The lowest BCUT2D eigenvalue weighted by atomic mass is 9.99. The molecule has 0 aliphatic carbocycles. The summed E-state index contributed by atoms with van der Waals surface area (Å²) in [5, 5.41) is 0. The third-order valence-electron chi connectivity index (χ3n) is 2.55. The van der Waals surface area contributed by atoms with Gasteiger partial charge in [-0.05, 0) is 25.8 Å². The number of piperidine rings is 1. The minimum atomic E-state index is 0. The predicted molar refractivity (Wildman–Crippen MR) is 61.5 cm³/mol. The Hall–Kier alpha value is -0.270. The van der Waals surface area contributed by atoms with Crippen molar-refractivity contribution in [2.75, 3.05) is 13.1 Å². The van der Waals surface area contributed by atoms with E-state index in [2.05, 4.69) is 18.1 Å². The monoisotopic (exact) mass is 201 g/mol. The molecule has 0 N–H and O–H groups in total. The molecule has 76 valence electrons. The Morgan fingerprint density at radius 1 is 1.23 bits per heavy atom. The Bertz CT molecular complexity index is 138. The molecule has 0 aromatic carbocycles. The molecule has 1 saturated heterocycles. The molecule has 0 aromatic rings. The van der Waals surface area contributed by atoms with Gasteiger partial charge in [0.2, 0.25) is 0 Å². The number of hydrogen-bond acceptors (Lipinski definition) is 1. The maximum absolute atomic E-state index is 3.80. The minimum absolute atomic E-state index is 0. The van der Waals surface area contributed by atoms with Crippen LogP contribution in [-0.4, -0.2) is 24.0 Å². The Kier molecular flexibility index (Phi) is 7.02. The van der Waals surface area contributed by atoms with Crippen LogP contribution in [0, 0.1) is 0 Å². The van der Waals surface area contributed by atoms with Crippen molar-refractivity contribution in [1.82, 2.24) is 4.90 Å². The largest absolute Gasteiger partial charge is 0.296 e. The van der Waals surface area contributed by atoms with E-state index in [-0.39, 0.29) is 12.4 Å². The van der Waals surface area contributed by atoms with Crippen LogP contribution < -0.4 is 0 Å². The van der Waals surface area contributed by atoms with Gasteiger partial charge in [-0.3, -0.25) is 4.90 Å². The molecule has 1 nitrogen and oxygen atoms in total. The average molecular weight is 202 g/mol. The third-order valence-corrected chi connectivity index (χ3v) is 2.55. The zero-order chi connectivity index (χ0) is 8.81. The molecule has 1 atom stereocenters. The van der Waals surface area contributed by atoms with E-state index in [4.69, 9.17) is 0 Å². The Balaban J connectivity index is 0.00000144. The van der Waals surface area contributed by atoms with Crippen LogP contribution in [0.1, 0.15) is 25.7 Å². The van der Waals surface area contributed by atoms with Gasteiger partial charge in [-0.15, -0.1) is 25.6 Å². The number of likely N-dealkylation sites (tertiary alicyclic amines) is 1.